The van der Waals surface area contributed by atoms with Crippen molar-refractivity contribution >= 4 is 0 Å². The molecule has 0 N–H and O–H groups in total. The first-order valence-electron chi connectivity index (χ1n) is 4.32. The van der Waals surface area contributed by atoms with Crippen molar-refractivity contribution in [2.75, 3.05) is 14.2 Å². The van der Waals surface area contributed by atoms with Gasteiger partial charge in [0.15, 0.2) is 0 Å². The van der Waals surface area contributed by atoms with Gasteiger partial charge in [0.25, 0.3) is 0 Å². The van der Waals surface area contributed by atoms with Crippen molar-refractivity contribution in [3.63, 3.8) is 0 Å². The fourth-order valence-electron chi connectivity index (χ4n) is 1.44. The van der Waals surface area contributed by atoms with E-state index in [1.165, 1.54) is 16.7 Å². The second-order valence-electron chi connectivity index (χ2n) is 3.17. The van der Waals surface area contributed by atoms with Gasteiger partial charge in [-0.05, 0) is 42.7 Å². The van der Waals surface area contributed by atoms with Crippen LogP contribution >= 0.6 is 0 Å². The van der Waals surface area contributed by atoms with Crippen LogP contribution in [0.2, 0.25) is 0 Å². The summed E-state index contributed by atoms with van der Waals surface area (Å²) in [5.74, 6) is 0.912. The SMILES string of the molecule is COCc1c(C)cc(OC)cc1C. The van der Waals surface area contributed by atoms with E-state index >= 15 is 0 Å². The van der Waals surface area contributed by atoms with Gasteiger partial charge in [-0.1, -0.05) is 0 Å². The maximum atomic E-state index is 5.17. The van der Waals surface area contributed by atoms with Crippen LogP contribution in [0.15, 0.2) is 12.1 Å². The highest BCUT2D eigenvalue weighted by Gasteiger charge is 2.04. The summed E-state index contributed by atoms with van der Waals surface area (Å²) in [6, 6.07) is 4.06. The lowest BCUT2D eigenvalue weighted by molar-refractivity contribution is 0.184. The highest BCUT2D eigenvalue weighted by molar-refractivity contribution is 5.40. The summed E-state index contributed by atoms with van der Waals surface area (Å²) in [5.41, 5.74) is 3.70. The molecule has 0 bridgehead atoms. The fourth-order valence-corrected chi connectivity index (χ4v) is 1.44. The Hall–Kier alpha value is -1.02. The van der Waals surface area contributed by atoms with Crippen molar-refractivity contribution < 1.29 is 9.47 Å². The van der Waals surface area contributed by atoms with Crippen molar-refractivity contribution in [3.8, 4) is 5.75 Å². The molecule has 0 spiro atoms. The van der Waals surface area contributed by atoms with Crippen LogP contribution in [0.3, 0.4) is 0 Å². The van der Waals surface area contributed by atoms with Gasteiger partial charge in [0.1, 0.15) is 5.75 Å². The summed E-state index contributed by atoms with van der Waals surface area (Å²) in [4.78, 5) is 0. The van der Waals surface area contributed by atoms with Gasteiger partial charge in [0.05, 0.1) is 13.7 Å². The van der Waals surface area contributed by atoms with Gasteiger partial charge in [-0.15, -0.1) is 0 Å². The van der Waals surface area contributed by atoms with Gasteiger partial charge in [-0.3, -0.25) is 0 Å². The van der Waals surface area contributed by atoms with Crippen molar-refractivity contribution in [1.82, 2.24) is 0 Å². The zero-order valence-electron chi connectivity index (χ0n) is 8.68. The molecule has 0 atom stereocenters. The third-order valence-electron chi connectivity index (χ3n) is 2.19. The predicted octanol–water partition coefficient (Wildman–Crippen LogP) is 2.46. The second-order valence-corrected chi connectivity index (χ2v) is 3.17. The van der Waals surface area contributed by atoms with Crippen molar-refractivity contribution in [1.29, 1.82) is 0 Å². The summed E-state index contributed by atoms with van der Waals surface area (Å²) in [6.07, 6.45) is 0. The molecule has 72 valence electrons. The zero-order valence-corrected chi connectivity index (χ0v) is 8.68. The largest absolute Gasteiger partial charge is 0.497 e. The van der Waals surface area contributed by atoms with Crippen molar-refractivity contribution in [2.45, 2.75) is 20.5 Å². The quantitative estimate of drug-likeness (QED) is 0.711. The van der Waals surface area contributed by atoms with Gasteiger partial charge >= 0.3 is 0 Å². The highest BCUT2D eigenvalue weighted by atomic mass is 16.5. The number of benzene rings is 1. The lowest BCUT2D eigenvalue weighted by atomic mass is 10.0. The average Bonchev–Trinajstić information content (AvgIpc) is 2.11. The molecule has 0 aliphatic carbocycles. The Kier molecular flexibility index (Phi) is 3.32. The standard InChI is InChI=1S/C11H16O2/c1-8-5-10(13-4)6-9(2)11(8)7-12-3/h5-6H,7H2,1-4H3. The summed E-state index contributed by atoms with van der Waals surface area (Å²) in [5, 5.41) is 0. The van der Waals surface area contributed by atoms with Crippen LogP contribution in [-0.2, 0) is 11.3 Å². The monoisotopic (exact) mass is 180 g/mol. The van der Waals surface area contributed by atoms with Gasteiger partial charge in [-0.25, -0.2) is 0 Å². The molecule has 0 fully saturated rings. The molecule has 0 amide bonds. The predicted molar refractivity (Wildman–Crippen MR) is 53.2 cm³/mol. The molecule has 0 unspecified atom stereocenters. The van der Waals surface area contributed by atoms with Gasteiger partial charge < -0.3 is 9.47 Å². The minimum absolute atomic E-state index is 0.668. The Bertz CT molecular complexity index is 269. The van der Waals surface area contributed by atoms with Crippen LogP contribution in [0.5, 0.6) is 5.75 Å². The molecule has 0 saturated heterocycles. The number of rotatable bonds is 3. The molecule has 0 aromatic heterocycles. The van der Waals surface area contributed by atoms with E-state index in [0.29, 0.717) is 6.61 Å². The second kappa shape index (κ2) is 4.28. The lowest BCUT2D eigenvalue weighted by Gasteiger charge is -2.10. The minimum Gasteiger partial charge on any atom is -0.497 e. The van der Waals surface area contributed by atoms with Gasteiger partial charge in [0.2, 0.25) is 0 Å². The van der Waals surface area contributed by atoms with Crippen LogP contribution in [0.1, 0.15) is 16.7 Å². The number of hydrogen-bond acceptors (Lipinski definition) is 2. The molecule has 2 heteroatoms. The van der Waals surface area contributed by atoms with Crippen LogP contribution in [0, 0.1) is 13.8 Å². The molecule has 0 heterocycles. The molecule has 13 heavy (non-hydrogen) atoms. The van der Waals surface area contributed by atoms with E-state index in [9.17, 15) is 0 Å². The molecular formula is C11H16O2. The maximum absolute atomic E-state index is 5.17. The molecule has 1 aromatic rings. The van der Waals surface area contributed by atoms with Crippen LogP contribution in [0.4, 0.5) is 0 Å². The van der Waals surface area contributed by atoms with Crippen molar-refractivity contribution in [3.05, 3.63) is 28.8 Å². The first-order valence-corrected chi connectivity index (χ1v) is 4.32. The van der Waals surface area contributed by atoms with E-state index in [0.717, 1.165) is 5.75 Å². The highest BCUT2D eigenvalue weighted by Crippen LogP contribution is 2.21. The normalized spacial score (nSPS) is 10.2. The molecule has 1 aromatic carbocycles. The van der Waals surface area contributed by atoms with E-state index in [1.54, 1.807) is 14.2 Å². The average molecular weight is 180 g/mol. The molecule has 0 aliphatic rings. The number of ether oxygens (including phenoxy) is 2. The maximum Gasteiger partial charge on any atom is 0.119 e. The molecule has 0 aliphatic heterocycles. The summed E-state index contributed by atoms with van der Waals surface area (Å²) >= 11 is 0. The Morgan fingerprint density at radius 1 is 1.08 bits per heavy atom. The third-order valence-corrected chi connectivity index (χ3v) is 2.19. The third kappa shape index (κ3) is 2.22. The van der Waals surface area contributed by atoms with E-state index in [1.807, 2.05) is 12.1 Å². The van der Waals surface area contributed by atoms with Gasteiger partial charge in [0, 0.05) is 7.11 Å². The summed E-state index contributed by atoms with van der Waals surface area (Å²) in [6.45, 7) is 4.81. The molecule has 0 radical (unpaired) electrons. The molecule has 0 saturated carbocycles. The molecule has 2 nitrogen and oxygen atoms in total. The minimum atomic E-state index is 0.668. The van der Waals surface area contributed by atoms with Crippen LogP contribution < -0.4 is 4.74 Å². The topological polar surface area (TPSA) is 18.5 Å². The van der Waals surface area contributed by atoms with E-state index < -0.39 is 0 Å². The Labute approximate surface area is 79.5 Å². The Morgan fingerprint density at radius 3 is 2.00 bits per heavy atom. The van der Waals surface area contributed by atoms with Crippen LogP contribution in [0.25, 0.3) is 0 Å². The van der Waals surface area contributed by atoms with E-state index in [-0.39, 0.29) is 0 Å². The lowest BCUT2D eigenvalue weighted by Crippen LogP contribution is -1.97. The first-order chi connectivity index (χ1) is 6.19. The molecule has 1 rings (SSSR count). The number of aryl methyl sites for hydroxylation is 2. The number of methoxy groups -OCH3 is 2. The van der Waals surface area contributed by atoms with Crippen LogP contribution in [-0.4, -0.2) is 14.2 Å². The van der Waals surface area contributed by atoms with Crippen molar-refractivity contribution in [2.24, 2.45) is 0 Å². The summed E-state index contributed by atoms with van der Waals surface area (Å²) < 4.78 is 10.3. The van der Waals surface area contributed by atoms with Gasteiger partial charge in [-0.2, -0.15) is 0 Å². The van der Waals surface area contributed by atoms with E-state index in [4.69, 9.17) is 9.47 Å². The summed E-state index contributed by atoms with van der Waals surface area (Å²) in [7, 11) is 3.40. The number of hydrogen-bond donors (Lipinski definition) is 0. The first kappa shape index (κ1) is 10.1. The Morgan fingerprint density at radius 2 is 1.62 bits per heavy atom. The Balaban J connectivity index is 3.07. The molecular weight excluding hydrogens is 164 g/mol. The zero-order chi connectivity index (χ0) is 9.84. The fraction of sp³-hybridized carbons (Fsp3) is 0.455. The smallest absolute Gasteiger partial charge is 0.119 e. The van der Waals surface area contributed by atoms with E-state index in [2.05, 4.69) is 13.8 Å².